The Balaban J connectivity index is 4.27. The van der Waals surface area contributed by atoms with Crippen LogP contribution in [0.2, 0.25) is 0 Å². The van der Waals surface area contributed by atoms with Crippen LogP contribution in [0.3, 0.4) is 0 Å². The Labute approximate surface area is 84.2 Å². The van der Waals surface area contributed by atoms with Gasteiger partial charge in [-0.2, -0.15) is 0 Å². The first-order valence-electron chi connectivity index (χ1n) is 4.71. The predicted octanol–water partition coefficient (Wildman–Crippen LogP) is -2.42. The number of hydrogen-bond donors (Lipinski definition) is 5. The standard InChI is InChI=1S/C8H21N3O3/c1-7(13)8(6-12,11-4-2-9)14-5-3-10/h7,11-13H,2-6,9-10H2,1H3. The van der Waals surface area contributed by atoms with Crippen molar-refractivity contribution in [2.45, 2.75) is 18.8 Å². The smallest absolute Gasteiger partial charge is 0.168 e. The third-order valence-electron chi connectivity index (χ3n) is 1.96. The maximum atomic E-state index is 9.49. The zero-order valence-corrected chi connectivity index (χ0v) is 8.57. The molecule has 0 aliphatic rings. The van der Waals surface area contributed by atoms with Gasteiger partial charge >= 0.3 is 0 Å². The minimum Gasteiger partial charge on any atom is -0.392 e. The molecule has 14 heavy (non-hydrogen) atoms. The van der Waals surface area contributed by atoms with Gasteiger partial charge in [-0.25, -0.2) is 0 Å². The molecule has 0 heterocycles. The number of nitrogens with two attached hydrogens (primary N) is 2. The summed E-state index contributed by atoms with van der Waals surface area (Å²) in [5.74, 6) is 0. The monoisotopic (exact) mass is 207 g/mol. The lowest BCUT2D eigenvalue weighted by Crippen LogP contribution is -2.59. The SMILES string of the molecule is CC(O)C(CO)(NCCN)OCCN. The van der Waals surface area contributed by atoms with Gasteiger partial charge in [0.15, 0.2) is 5.72 Å². The molecule has 6 heteroatoms. The van der Waals surface area contributed by atoms with Crippen molar-refractivity contribution in [2.24, 2.45) is 11.5 Å². The van der Waals surface area contributed by atoms with E-state index in [1.54, 1.807) is 0 Å². The molecule has 0 aliphatic carbocycles. The Morgan fingerprint density at radius 1 is 1.43 bits per heavy atom. The van der Waals surface area contributed by atoms with Gasteiger partial charge in [0.2, 0.25) is 0 Å². The largest absolute Gasteiger partial charge is 0.392 e. The first kappa shape index (κ1) is 13.8. The molecule has 0 spiro atoms. The van der Waals surface area contributed by atoms with Crippen LogP contribution in [0.5, 0.6) is 0 Å². The van der Waals surface area contributed by atoms with E-state index >= 15 is 0 Å². The van der Waals surface area contributed by atoms with Crippen molar-refractivity contribution in [3.05, 3.63) is 0 Å². The number of nitrogens with one attached hydrogen (secondary N) is 1. The lowest BCUT2D eigenvalue weighted by Gasteiger charge is -2.35. The summed E-state index contributed by atoms with van der Waals surface area (Å²) in [4.78, 5) is 0. The second-order valence-corrected chi connectivity index (χ2v) is 3.08. The fourth-order valence-electron chi connectivity index (χ4n) is 1.08. The van der Waals surface area contributed by atoms with Gasteiger partial charge in [-0.1, -0.05) is 0 Å². The van der Waals surface area contributed by atoms with Crippen LogP contribution in [-0.4, -0.2) is 54.9 Å². The highest BCUT2D eigenvalue weighted by atomic mass is 16.5. The molecular formula is C8H21N3O3. The third-order valence-corrected chi connectivity index (χ3v) is 1.96. The van der Waals surface area contributed by atoms with E-state index in [-0.39, 0.29) is 13.2 Å². The highest BCUT2D eigenvalue weighted by Crippen LogP contribution is 2.11. The number of hydrogen-bond acceptors (Lipinski definition) is 6. The molecule has 0 radical (unpaired) electrons. The van der Waals surface area contributed by atoms with E-state index in [1.807, 2.05) is 0 Å². The van der Waals surface area contributed by atoms with Gasteiger partial charge in [-0.05, 0) is 6.92 Å². The van der Waals surface area contributed by atoms with Gasteiger partial charge in [-0.15, -0.1) is 0 Å². The highest BCUT2D eigenvalue weighted by molar-refractivity contribution is 4.83. The summed E-state index contributed by atoms with van der Waals surface area (Å²) in [6.07, 6.45) is -0.842. The van der Waals surface area contributed by atoms with Crippen LogP contribution in [0.15, 0.2) is 0 Å². The lowest BCUT2D eigenvalue weighted by molar-refractivity contribution is -0.159. The summed E-state index contributed by atoms with van der Waals surface area (Å²) in [7, 11) is 0. The average molecular weight is 207 g/mol. The van der Waals surface area contributed by atoms with Crippen LogP contribution in [0.4, 0.5) is 0 Å². The van der Waals surface area contributed by atoms with Crippen LogP contribution < -0.4 is 16.8 Å². The van der Waals surface area contributed by atoms with E-state index in [9.17, 15) is 10.2 Å². The van der Waals surface area contributed by atoms with Crippen molar-refractivity contribution >= 4 is 0 Å². The Morgan fingerprint density at radius 2 is 2.07 bits per heavy atom. The molecule has 6 nitrogen and oxygen atoms in total. The number of ether oxygens (including phenoxy) is 1. The molecule has 86 valence electrons. The van der Waals surface area contributed by atoms with E-state index in [2.05, 4.69) is 5.32 Å². The van der Waals surface area contributed by atoms with Crippen molar-refractivity contribution in [1.82, 2.24) is 5.32 Å². The molecule has 2 unspecified atom stereocenters. The van der Waals surface area contributed by atoms with Crippen molar-refractivity contribution in [3.63, 3.8) is 0 Å². The van der Waals surface area contributed by atoms with Crippen LogP contribution in [0.1, 0.15) is 6.92 Å². The predicted molar refractivity (Wildman–Crippen MR) is 53.6 cm³/mol. The summed E-state index contributed by atoms with van der Waals surface area (Å²) >= 11 is 0. The van der Waals surface area contributed by atoms with E-state index in [0.29, 0.717) is 19.6 Å². The van der Waals surface area contributed by atoms with Gasteiger partial charge in [-0.3, -0.25) is 5.32 Å². The lowest BCUT2D eigenvalue weighted by atomic mass is 10.1. The number of aliphatic hydroxyl groups is 2. The number of rotatable bonds is 8. The first-order valence-corrected chi connectivity index (χ1v) is 4.71. The summed E-state index contributed by atoms with van der Waals surface area (Å²) in [6, 6.07) is 0. The molecule has 0 aromatic carbocycles. The molecule has 7 N–H and O–H groups in total. The maximum absolute atomic E-state index is 9.49. The zero-order valence-electron chi connectivity index (χ0n) is 8.57. The minimum absolute atomic E-state index is 0.267. The van der Waals surface area contributed by atoms with Gasteiger partial charge in [0.1, 0.15) is 0 Å². The van der Waals surface area contributed by atoms with Crippen molar-refractivity contribution < 1.29 is 14.9 Å². The quantitative estimate of drug-likeness (QED) is 0.283. The van der Waals surface area contributed by atoms with Crippen molar-refractivity contribution in [1.29, 1.82) is 0 Å². The fraction of sp³-hybridized carbons (Fsp3) is 1.00. The Morgan fingerprint density at radius 3 is 2.43 bits per heavy atom. The molecule has 0 rings (SSSR count). The van der Waals surface area contributed by atoms with Gasteiger partial charge in [0, 0.05) is 19.6 Å². The maximum Gasteiger partial charge on any atom is 0.168 e. The van der Waals surface area contributed by atoms with Crippen molar-refractivity contribution in [3.8, 4) is 0 Å². The van der Waals surface area contributed by atoms with E-state index < -0.39 is 11.8 Å². The van der Waals surface area contributed by atoms with E-state index in [1.165, 1.54) is 6.92 Å². The summed E-state index contributed by atoms with van der Waals surface area (Å²) in [5.41, 5.74) is 9.44. The molecule has 0 amide bonds. The molecule has 0 aromatic heterocycles. The third kappa shape index (κ3) is 3.87. The Bertz CT molecular complexity index is 136. The second kappa shape index (κ2) is 7.10. The zero-order chi connectivity index (χ0) is 11.0. The molecule has 0 saturated carbocycles. The molecule has 0 fully saturated rings. The van der Waals surface area contributed by atoms with Crippen LogP contribution in [0, 0.1) is 0 Å². The number of aliphatic hydroxyl groups excluding tert-OH is 2. The normalized spacial score (nSPS) is 17.8. The van der Waals surface area contributed by atoms with Crippen molar-refractivity contribution in [2.75, 3.05) is 32.8 Å². The van der Waals surface area contributed by atoms with E-state index in [4.69, 9.17) is 16.2 Å². The van der Waals surface area contributed by atoms with Crippen LogP contribution in [0.25, 0.3) is 0 Å². The van der Waals surface area contributed by atoms with E-state index in [0.717, 1.165) is 0 Å². The molecule has 0 aliphatic heterocycles. The minimum atomic E-state index is -1.15. The summed E-state index contributed by atoms with van der Waals surface area (Å²) < 4.78 is 5.30. The topological polar surface area (TPSA) is 114 Å². The van der Waals surface area contributed by atoms with Crippen LogP contribution >= 0.6 is 0 Å². The first-order chi connectivity index (χ1) is 6.63. The molecular weight excluding hydrogens is 186 g/mol. The highest BCUT2D eigenvalue weighted by Gasteiger charge is 2.34. The fourth-order valence-corrected chi connectivity index (χ4v) is 1.08. The Kier molecular flexibility index (Phi) is 6.98. The Hall–Kier alpha value is -0.240. The molecule has 0 bridgehead atoms. The van der Waals surface area contributed by atoms with Gasteiger partial charge in [0.05, 0.1) is 19.3 Å². The molecule has 0 saturated heterocycles. The van der Waals surface area contributed by atoms with Gasteiger partial charge in [0.25, 0.3) is 0 Å². The average Bonchev–Trinajstić information content (AvgIpc) is 2.18. The summed E-state index contributed by atoms with van der Waals surface area (Å²) in [5, 5.41) is 21.5. The second-order valence-electron chi connectivity index (χ2n) is 3.08. The summed E-state index contributed by atoms with van der Waals surface area (Å²) in [6.45, 7) is 2.67. The van der Waals surface area contributed by atoms with Crippen LogP contribution in [-0.2, 0) is 4.74 Å². The molecule has 0 aromatic rings. The van der Waals surface area contributed by atoms with Gasteiger partial charge < -0.3 is 26.4 Å². The molecule has 2 atom stereocenters.